The Hall–Kier alpha value is -2.34. The minimum atomic E-state index is 0.645. The Morgan fingerprint density at radius 3 is 2.45 bits per heavy atom. The van der Waals surface area contributed by atoms with Crippen molar-refractivity contribution in [1.82, 2.24) is 20.7 Å². The first-order valence-electron chi connectivity index (χ1n) is 10.9. The van der Waals surface area contributed by atoms with Crippen LogP contribution in [0.2, 0.25) is 0 Å². The number of aliphatic imine (C=N–C) groups is 1. The molecule has 0 radical (unpaired) electrons. The molecule has 160 valence electrons. The maximum atomic E-state index is 5.47. The van der Waals surface area contributed by atoms with Crippen LogP contribution in [0.3, 0.4) is 0 Å². The number of aryl methyl sites for hydroxylation is 2. The molecule has 6 nitrogen and oxygen atoms in total. The van der Waals surface area contributed by atoms with E-state index in [0.717, 1.165) is 62.0 Å². The van der Waals surface area contributed by atoms with Gasteiger partial charge >= 0.3 is 0 Å². The van der Waals surface area contributed by atoms with Crippen molar-refractivity contribution >= 4 is 5.96 Å². The number of nitrogens with one attached hydrogen (secondary N) is 2. The average molecular weight is 400 g/mol. The number of hydrogen-bond donors (Lipinski definition) is 2. The van der Waals surface area contributed by atoms with Crippen molar-refractivity contribution in [3.8, 4) is 0 Å². The van der Waals surface area contributed by atoms with Crippen LogP contribution in [0.25, 0.3) is 0 Å². The van der Waals surface area contributed by atoms with Gasteiger partial charge in [0, 0.05) is 31.6 Å². The van der Waals surface area contributed by atoms with Crippen LogP contribution in [0.1, 0.15) is 62.8 Å². The third-order valence-corrected chi connectivity index (χ3v) is 5.10. The predicted molar refractivity (Wildman–Crippen MR) is 120 cm³/mol. The van der Waals surface area contributed by atoms with Gasteiger partial charge in [0.2, 0.25) is 0 Å². The van der Waals surface area contributed by atoms with Crippen LogP contribution in [-0.2, 0) is 32.5 Å². The van der Waals surface area contributed by atoms with E-state index in [9.17, 15) is 0 Å². The fourth-order valence-corrected chi connectivity index (χ4v) is 3.35. The second kappa shape index (κ2) is 12.3. The van der Waals surface area contributed by atoms with Gasteiger partial charge in [-0.15, -0.1) is 0 Å². The normalized spacial score (nSPS) is 11.9. The first-order chi connectivity index (χ1) is 14.1. The van der Waals surface area contributed by atoms with Gasteiger partial charge in [-0.2, -0.15) is 0 Å². The molecule has 1 aromatic carbocycles. The summed E-state index contributed by atoms with van der Waals surface area (Å²) in [6.45, 7) is 15.9. The number of hydrogen-bond acceptors (Lipinski definition) is 4. The van der Waals surface area contributed by atoms with Gasteiger partial charge in [0.25, 0.3) is 0 Å². The molecule has 0 bridgehead atoms. The number of guanidine groups is 1. The Labute approximate surface area is 175 Å². The molecule has 0 aliphatic heterocycles. The summed E-state index contributed by atoms with van der Waals surface area (Å²) < 4.78 is 5.47. The van der Waals surface area contributed by atoms with E-state index in [1.807, 2.05) is 0 Å². The molecule has 0 amide bonds. The molecule has 1 heterocycles. The van der Waals surface area contributed by atoms with E-state index in [4.69, 9.17) is 9.52 Å². The molecular formula is C23H37N5O. The van der Waals surface area contributed by atoms with Crippen molar-refractivity contribution in [1.29, 1.82) is 0 Å². The highest BCUT2D eigenvalue weighted by molar-refractivity contribution is 5.79. The fraction of sp³-hybridized carbons (Fsp3) is 0.565. The summed E-state index contributed by atoms with van der Waals surface area (Å²) in [5, 5.41) is 11.0. The largest absolute Gasteiger partial charge is 0.361 e. The van der Waals surface area contributed by atoms with Crippen LogP contribution < -0.4 is 10.6 Å². The molecule has 2 N–H and O–H groups in total. The summed E-state index contributed by atoms with van der Waals surface area (Å²) in [4.78, 5) is 7.20. The summed E-state index contributed by atoms with van der Waals surface area (Å²) >= 11 is 0. The Bertz CT molecular complexity index is 743. The predicted octanol–water partition coefficient (Wildman–Crippen LogP) is 3.90. The third kappa shape index (κ3) is 6.89. The summed E-state index contributed by atoms with van der Waals surface area (Å²) in [6.07, 6.45) is 1.71. The van der Waals surface area contributed by atoms with E-state index < -0.39 is 0 Å². The fourth-order valence-electron chi connectivity index (χ4n) is 3.35. The minimum absolute atomic E-state index is 0.645. The lowest BCUT2D eigenvalue weighted by molar-refractivity contribution is 0.296. The first kappa shape index (κ1) is 22.9. The first-order valence-corrected chi connectivity index (χ1v) is 10.9. The van der Waals surface area contributed by atoms with Crippen molar-refractivity contribution in [2.45, 2.75) is 67.1 Å². The summed E-state index contributed by atoms with van der Waals surface area (Å²) in [5.74, 6) is 1.77. The van der Waals surface area contributed by atoms with Gasteiger partial charge in [0.15, 0.2) is 5.96 Å². The third-order valence-electron chi connectivity index (χ3n) is 5.10. The molecule has 0 aliphatic rings. The SMILES string of the molecule is CCNC(=NCc1cccc(CN(CC)CC)c1)NCc1c(CC)noc1CC. The summed E-state index contributed by atoms with van der Waals surface area (Å²) in [5.41, 5.74) is 4.74. The van der Waals surface area contributed by atoms with Gasteiger partial charge in [-0.25, -0.2) is 4.99 Å². The quantitative estimate of drug-likeness (QED) is 0.443. The zero-order chi connectivity index (χ0) is 21.1. The van der Waals surface area contributed by atoms with E-state index in [1.54, 1.807) is 0 Å². The van der Waals surface area contributed by atoms with E-state index >= 15 is 0 Å². The molecular weight excluding hydrogens is 362 g/mol. The number of benzene rings is 1. The second-order valence-electron chi connectivity index (χ2n) is 7.07. The zero-order valence-electron chi connectivity index (χ0n) is 18.7. The summed E-state index contributed by atoms with van der Waals surface area (Å²) in [6, 6.07) is 8.72. The van der Waals surface area contributed by atoms with Crippen LogP contribution in [0.15, 0.2) is 33.8 Å². The summed E-state index contributed by atoms with van der Waals surface area (Å²) in [7, 11) is 0. The lowest BCUT2D eigenvalue weighted by atomic mass is 10.1. The molecule has 2 rings (SSSR count). The second-order valence-corrected chi connectivity index (χ2v) is 7.07. The topological polar surface area (TPSA) is 65.7 Å². The van der Waals surface area contributed by atoms with Gasteiger partial charge in [-0.1, -0.05) is 57.1 Å². The highest BCUT2D eigenvalue weighted by Crippen LogP contribution is 2.15. The molecule has 0 saturated carbocycles. The Kier molecular flexibility index (Phi) is 9.71. The molecule has 0 fully saturated rings. The van der Waals surface area contributed by atoms with Crippen LogP contribution in [0, 0.1) is 0 Å². The highest BCUT2D eigenvalue weighted by atomic mass is 16.5. The van der Waals surface area contributed by atoms with Crippen molar-refractivity contribution in [3.05, 3.63) is 52.4 Å². The van der Waals surface area contributed by atoms with Crippen LogP contribution in [0.5, 0.6) is 0 Å². The van der Waals surface area contributed by atoms with Crippen LogP contribution >= 0.6 is 0 Å². The maximum Gasteiger partial charge on any atom is 0.191 e. The Morgan fingerprint density at radius 2 is 1.79 bits per heavy atom. The Balaban J connectivity index is 2.05. The molecule has 0 atom stereocenters. The van der Waals surface area contributed by atoms with Crippen molar-refractivity contribution in [2.24, 2.45) is 4.99 Å². The lowest BCUT2D eigenvalue weighted by Gasteiger charge is -2.18. The standard InChI is InChI=1S/C23H37N5O/c1-6-21-20(22(7-2)29-27-21)16-26-23(24-8-3)25-15-18-12-11-13-19(14-18)17-28(9-4)10-5/h11-14H,6-10,15-17H2,1-5H3,(H2,24,25,26). The highest BCUT2D eigenvalue weighted by Gasteiger charge is 2.13. The number of nitrogens with zero attached hydrogens (tertiary/aromatic N) is 3. The smallest absolute Gasteiger partial charge is 0.191 e. The Morgan fingerprint density at radius 1 is 1.03 bits per heavy atom. The van der Waals surface area contributed by atoms with Gasteiger partial charge in [-0.3, -0.25) is 4.90 Å². The lowest BCUT2D eigenvalue weighted by Crippen LogP contribution is -2.37. The molecule has 0 saturated heterocycles. The average Bonchev–Trinajstić information content (AvgIpc) is 3.16. The molecule has 0 spiro atoms. The van der Waals surface area contributed by atoms with Crippen molar-refractivity contribution < 1.29 is 4.52 Å². The van der Waals surface area contributed by atoms with E-state index in [-0.39, 0.29) is 0 Å². The monoisotopic (exact) mass is 399 g/mol. The van der Waals surface area contributed by atoms with Crippen molar-refractivity contribution in [3.63, 3.8) is 0 Å². The van der Waals surface area contributed by atoms with Gasteiger partial charge in [-0.05, 0) is 37.6 Å². The molecule has 0 aliphatic carbocycles. The van der Waals surface area contributed by atoms with E-state index in [2.05, 4.69) is 79.6 Å². The van der Waals surface area contributed by atoms with Crippen molar-refractivity contribution in [2.75, 3.05) is 19.6 Å². The van der Waals surface area contributed by atoms with Crippen LogP contribution in [0.4, 0.5) is 0 Å². The molecule has 6 heteroatoms. The minimum Gasteiger partial charge on any atom is -0.361 e. The number of rotatable bonds is 11. The van der Waals surface area contributed by atoms with Gasteiger partial charge < -0.3 is 15.2 Å². The van der Waals surface area contributed by atoms with Gasteiger partial charge in [0.1, 0.15) is 5.76 Å². The maximum absolute atomic E-state index is 5.47. The van der Waals surface area contributed by atoms with E-state index in [1.165, 1.54) is 11.1 Å². The van der Waals surface area contributed by atoms with E-state index in [0.29, 0.717) is 13.1 Å². The molecule has 2 aromatic rings. The van der Waals surface area contributed by atoms with Crippen LogP contribution in [-0.4, -0.2) is 35.7 Å². The molecule has 1 aromatic heterocycles. The molecule has 29 heavy (non-hydrogen) atoms. The molecule has 0 unspecified atom stereocenters. The van der Waals surface area contributed by atoms with Gasteiger partial charge in [0.05, 0.1) is 12.2 Å². The number of aromatic nitrogens is 1. The zero-order valence-corrected chi connectivity index (χ0v) is 18.7.